The van der Waals surface area contributed by atoms with Gasteiger partial charge in [-0.05, 0) is 66.9 Å². The number of benzene rings is 3. The van der Waals surface area contributed by atoms with Gasteiger partial charge in [0, 0.05) is 10.6 Å². The minimum absolute atomic E-state index is 0.375. The summed E-state index contributed by atoms with van der Waals surface area (Å²) in [7, 11) is 0. The van der Waals surface area contributed by atoms with E-state index in [2.05, 4.69) is 36.0 Å². The largest absolute Gasteiger partial charge is 0.489 e. The highest BCUT2D eigenvalue weighted by atomic mass is 35.5. The molecule has 0 aliphatic rings. The Balaban J connectivity index is 1.59. The van der Waals surface area contributed by atoms with Crippen molar-refractivity contribution in [2.24, 2.45) is 0 Å². The number of allylic oxidation sites excluding steroid dienone is 1. The maximum Gasteiger partial charge on any atom is 0.149 e. The van der Waals surface area contributed by atoms with Gasteiger partial charge in [-0.3, -0.25) is 0 Å². The zero-order valence-corrected chi connectivity index (χ0v) is 17.5. The Bertz CT molecular complexity index is 1260. The molecule has 0 aliphatic heterocycles. The Kier molecular flexibility index (Phi) is 5.56. The van der Waals surface area contributed by atoms with Crippen LogP contribution in [0.5, 0.6) is 5.75 Å². The molecule has 0 fully saturated rings. The molecule has 4 nitrogen and oxygen atoms in total. The second-order valence-electron chi connectivity index (χ2n) is 7.16. The van der Waals surface area contributed by atoms with Gasteiger partial charge in [-0.15, -0.1) is 0 Å². The van der Waals surface area contributed by atoms with Gasteiger partial charge in [0.15, 0.2) is 0 Å². The smallest absolute Gasteiger partial charge is 0.149 e. The van der Waals surface area contributed by atoms with Crippen molar-refractivity contribution in [1.82, 2.24) is 9.97 Å². The third kappa shape index (κ3) is 4.22. The average molecular weight is 414 g/mol. The molecule has 30 heavy (non-hydrogen) atoms. The van der Waals surface area contributed by atoms with Gasteiger partial charge in [-0.25, -0.2) is 4.98 Å². The third-order valence-electron chi connectivity index (χ3n) is 4.99. The van der Waals surface area contributed by atoms with Crippen LogP contribution in [-0.4, -0.2) is 9.97 Å². The molecule has 0 atom stereocenters. The average Bonchev–Trinajstić information content (AvgIpc) is 3.14. The number of nitrogens with zero attached hydrogens (tertiary/aromatic N) is 2. The highest BCUT2D eigenvalue weighted by molar-refractivity contribution is 6.31. The maximum atomic E-state index is 9.70. The summed E-state index contributed by atoms with van der Waals surface area (Å²) in [4.78, 5) is 7.85. The van der Waals surface area contributed by atoms with Gasteiger partial charge in [-0.2, -0.15) is 5.26 Å². The van der Waals surface area contributed by atoms with Gasteiger partial charge in [0.25, 0.3) is 0 Å². The van der Waals surface area contributed by atoms with Crippen LogP contribution in [0.4, 0.5) is 0 Å². The molecule has 4 aromatic rings. The van der Waals surface area contributed by atoms with E-state index in [9.17, 15) is 5.26 Å². The molecule has 0 bridgehead atoms. The van der Waals surface area contributed by atoms with Crippen molar-refractivity contribution in [3.8, 4) is 11.8 Å². The van der Waals surface area contributed by atoms with E-state index in [0.29, 0.717) is 28.8 Å². The lowest BCUT2D eigenvalue weighted by molar-refractivity contribution is 0.306. The molecule has 0 aliphatic carbocycles. The number of fused-ring (bicyclic) bond motifs is 1. The van der Waals surface area contributed by atoms with Crippen LogP contribution in [0.15, 0.2) is 60.7 Å². The van der Waals surface area contributed by atoms with E-state index < -0.39 is 0 Å². The predicted octanol–water partition coefficient (Wildman–Crippen LogP) is 6.48. The van der Waals surface area contributed by atoms with E-state index in [0.717, 1.165) is 22.2 Å². The molecule has 1 aromatic heterocycles. The summed E-state index contributed by atoms with van der Waals surface area (Å²) >= 11 is 6.19. The van der Waals surface area contributed by atoms with E-state index in [4.69, 9.17) is 16.3 Å². The van der Waals surface area contributed by atoms with Crippen molar-refractivity contribution in [3.05, 3.63) is 93.8 Å². The number of imidazole rings is 1. The van der Waals surface area contributed by atoms with Crippen molar-refractivity contribution in [3.63, 3.8) is 0 Å². The van der Waals surface area contributed by atoms with Crippen LogP contribution in [-0.2, 0) is 6.61 Å². The van der Waals surface area contributed by atoms with Crippen LogP contribution in [0.3, 0.4) is 0 Å². The van der Waals surface area contributed by atoms with Crippen molar-refractivity contribution >= 4 is 34.3 Å². The predicted molar refractivity (Wildman–Crippen MR) is 121 cm³/mol. The third-order valence-corrected chi connectivity index (χ3v) is 5.36. The van der Waals surface area contributed by atoms with Crippen LogP contribution in [0, 0.1) is 25.2 Å². The number of H-pyrrole nitrogens is 1. The summed E-state index contributed by atoms with van der Waals surface area (Å²) < 4.78 is 5.89. The van der Waals surface area contributed by atoms with Gasteiger partial charge >= 0.3 is 0 Å². The van der Waals surface area contributed by atoms with E-state index in [1.807, 2.05) is 54.6 Å². The molecule has 5 heteroatoms. The van der Waals surface area contributed by atoms with Gasteiger partial charge in [0.2, 0.25) is 0 Å². The van der Waals surface area contributed by atoms with Gasteiger partial charge in [-0.1, -0.05) is 41.9 Å². The molecule has 0 saturated heterocycles. The van der Waals surface area contributed by atoms with Crippen LogP contribution < -0.4 is 4.74 Å². The number of aryl methyl sites for hydroxylation is 2. The molecule has 0 spiro atoms. The summed E-state index contributed by atoms with van der Waals surface area (Å²) in [5.74, 6) is 1.26. The fourth-order valence-corrected chi connectivity index (χ4v) is 3.38. The fraction of sp³-hybridized carbons (Fsp3) is 0.120. The molecular formula is C25H20ClN3O. The Labute approximate surface area is 180 Å². The number of nitrogens with one attached hydrogen (secondary N) is 1. The maximum absolute atomic E-state index is 9.70. The monoisotopic (exact) mass is 413 g/mol. The Hall–Kier alpha value is -3.55. The van der Waals surface area contributed by atoms with Crippen LogP contribution in [0.1, 0.15) is 28.1 Å². The molecule has 4 rings (SSSR count). The number of hydrogen-bond acceptors (Lipinski definition) is 3. The summed E-state index contributed by atoms with van der Waals surface area (Å²) in [6, 6.07) is 21.5. The molecular weight excluding hydrogens is 394 g/mol. The lowest BCUT2D eigenvalue weighted by Crippen LogP contribution is -1.96. The highest BCUT2D eigenvalue weighted by Crippen LogP contribution is 2.24. The Morgan fingerprint density at radius 3 is 2.70 bits per heavy atom. The van der Waals surface area contributed by atoms with Crippen LogP contribution in [0.25, 0.3) is 22.7 Å². The number of hydrogen-bond donors (Lipinski definition) is 1. The molecule has 3 aromatic carbocycles. The van der Waals surface area contributed by atoms with Gasteiger partial charge < -0.3 is 9.72 Å². The molecule has 0 saturated carbocycles. The Morgan fingerprint density at radius 2 is 1.90 bits per heavy atom. The lowest BCUT2D eigenvalue weighted by Gasteiger charge is -2.08. The van der Waals surface area contributed by atoms with Crippen molar-refractivity contribution in [1.29, 1.82) is 5.26 Å². The standard InChI is InChI=1S/C25H20ClN3O/c1-16-10-23-24(11-17(16)2)29-25(28-23)20(14-27)12-18-6-5-8-21(13-18)30-15-19-7-3-4-9-22(19)26/h3-13H,15H2,1-2H3,(H,28,29)/b20-12+. The van der Waals surface area contributed by atoms with Gasteiger partial charge in [0.05, 0.1) is 16.6 Å². The molecule has 148 valence electrons. The number of rotatable bonds is 5. The van der Waals surface area contributed by atoms with Crippen molar-refractivity contribution in [2.75, 3.05) is 0 Å². The highest BCUT2D eigenvalue weighted by Gasteiger charge is 2.10. The molecule has 1 heterocycles. The van der Waals surface area contributed by atoms with Crippen molar-refractivity contribution < 1.29 is 4.74 Å². The number of ether oxygens (including phenoxy) is 1. The van der Waals surface area contributed by atoms with E-state index in [-0.39, 0.29) is 0 Å². The molecule has 0 unspecified atom stereocenters. The van der Waals surface area contributed by atoms with Crippen LogP contribution >= 0.6 is 11.6 Å². The first kappa shape index (κ1) is 19.8. The summed E-state index contributed by atoms with van der Waals surface area (Å²) in [5.41, 5.74) is 6.37. The second-order valence-corrected chi connectivity index (χ2v) is 7.57. The topological polar surface area (TPSA) is 61.7 Å². The number of aromatic amines is 1. The van der Waals surface area contributed by atoms with Gasteiger partial charge in [0.1, 0.15) is 24.3 Å². The van der Waals surface area contributed by atoms with E-state index in [1.54, 1.807) is 6.08 Å². The van der Waals surface area contributed by atoms with E-state index in [1.165, 1.54) is 11.1 Å². The molecule has 0 radical (unpaired) electrons. The second kappa shape index (κ2) is 8.44. The minimum Gasteiger partial charge on any atom is -0.489 e. The SMILES string of the molecule is Cc1cc2nc(/C(C#N)=C/c3cccc(OCc4ccccc4Cl)c3)[nH]c2cc1C. The number of nitriles is 1. The molecule has 1 N–H and O–H groups in total. The fourth-order valence-electron chi connectivity index (χ4n) is 3.19. The van der Waals surface area contributed by atoms with Crippen LogP contribution in [0.2, 0.25) is 5.02 Å². The van der Waals surface area contributed by atoms with Crippen molar-refractivity contribution in [2.45, 2.75) is 20.5 Å². The minimum atomic E-state index is 0.375. The lowest BCUT2D eigenvalue weighted by atomic mass is 10.1. The van der Waals surface area contributed by atoms with E-state index >= 15 is 0 Å². The zero-order chi connectivity index (χ0) is 21.1. The zero-order valence-electron chi connectivity index (χ0n) is 16.7. The molecule has 0 amide bonds. The first-order chi connectivity index (χ1) is 14.5. The summed E-state index contributed by atoms with van der Waals surface area (Å²) in [5, 5.41) is 10.4. The quantitative estimate of drug-likeness (QED) is 0.381. The Morgan fingerprint density at radius 1 is 1.10 bits per heavy atom. The summed E-state index contributed by atoms with van der Waals surface area (Å²) in [6.45, 7) is 4.49. The normalized spacial score (nSPS) is 11.5. The summed E-state index contributed by atoms with van der Waals surface area (Å²) in [6.07, 6.45) is 1.81. The number of halogens is 1. The first-order valence-electron chi connectivity index (χ1n) is 9.59. The first-order valence-corrected chi connectivity index (χ1v) is 9.96. The number of aromatic nitrogens is 2.